The Labute approximate surface area is 73.4 Å². The Kier molecular flexibility index (Phi) is 2.63. The topological polar surface area (TPSA) is 97.1 Å². The van der Waals surface area contributed by atoms with Crippen LogP contribution in [-0.4, -0.2) is 22.0 Å². The first kappa shape index (κ1) is 9.24. The normalized spacial score (nSPS) is 9.85. The van der Waals surface area contributed by atoms with Crippen molar-refractivity contribution in [2.24, 2.45) is 0 Å². The summed E-state index contributed by atoms with van der Waals surface area (Å²) in [5.74, 6) is -1.96. The number of hydrogen-bond acceptors (Lipinski definition) is 3. The maximum absolute atomic E-state index is 10.3. The average molecular weight is 184 g/mol. The average Bonchev–Trinajstić information content (AvgIpc) is 2.34. The third-order valence-electron chi connectivity index (χ3n) is 1.47. The van der Waals surface area contributed by atoms with Gasteiger partial charge in [-0.2, -0.15) is 0 Å². The number of aliphatic carboxylic acids is 2. The van der Waals surface area contributed by atoms with Crippen LogP contribution in [0.3, 0.4) is 0 Å². The van der Waals surface area contributed by atoms with Crippen LogP contribution in [0.15, 0.2) is 12.4 Å². The minimum atomic E-state index is -1.25. The second kappa shape index (κ2) is 3.70. The lowest BCUT2D eigenvalue weighted by atomic mass is 10.4. The van der Waals surface area contributed by atoms with Crippen molar-refractivity contribution >= 4 is 11.9 Å². The first-order chi connectivity index (χ1) is 6.09. The highest BCUT2D eigenvalue weighted by atomic mass is 16.4. The molecule has 1 rings (SSSR count). The molecule has 0 spiro atoms. The van der Waals surface area contributed by atoms with E-state index in [1.807, 2.05) is 0 Å². The highest BCUT2D eigenvalue weighted by Gasteiger charge is 2.13. The third-order valence-corrected chi connectivity index (χ3v) is 1.47. The van der Waals surface area contributed by atoms with Crippen LogP contribution in [0.2, 0.25) is 0 Å². The van der Waals surface area contributed by atoms with Crippen LogP contribution in [0.4, 0.5) is 0 Å². The van der Waals surface area contributed by atoms with Gasteiger partial charge in [0.2, 0.25) is 0 Å². The van der Waals surface area contributed by atoms with Gasteiger partial charge in [0.15, 0.2) is 6.54 Å². The second-order valence-electron chi connectivity index (χ2n) is 2.48. The largest absolute Gasteiger partial charge is 0.549 e. The lowest BCUT2D eigenvalue weighted by Gasteiger charge is -1.98. The lowest BCUT2D eigenvalue weighted by Crippen LogP contribution is -2.42. The molecule has 6 nitrogen and oxygen atoms in total. The van der Waals surface area contributed by atoms with Crippen molar-refractivity contribution in [3.8, 4) is 0 Å². The number of H-pyrrole nitrogens is 1. The van der Waals surface area contributed by atoms with E-state index in [2.05, 4.69) is 4.98 Å². The Morgan fingerprint density at radius 1 is 1.62 bits per heavy atom. The molecule has 70 valence electrons. The Bertz CT molecular complexity index is 300. The van der Waals surface area contributed by atoms with Gasteiger partial charge in [-0.25, -0.2) is 14.3 Å². The first-order valence-corrected chi connectivity index (χ1v) is 3.57. The van der Waals surface area contributed by atoms with Crippen LogP contribution in [-0.2, 0) is 22.6 Å². The molecule has 0 aromatic carbocycles. The zero-order valence-corrected chi connectivity index (χ0v) is 6.69. The summed E-state index contributed by atoms with van der Waals surface area (Å²) in [5.41, 5.74) is 0. The molecule has 0 aliphatic rings. The lowest BCUT2D eigenvalue weighted by molar-refractivity contribution is -0.691. The Morgan fingerprint density at radius 2 is 2.31 bits per heavy atom. The summed E-state index contributed by atoms with van der Waals surface area (Å²) in [7, 11) is 0. The predicted molar refractivity (Wildman–Crippen MR) is 37.3 cm³/mol. The number of aromatic amines is 1. The zero-order valence-electron chi connectivity index (χ0n) is 6.69. The SMILES string of the molecule is O=C([O-])Cc1[nH]cc[n+]1CC(=O)O. The van der Waals surface area contributed by atoms with Crippen molar-refractivity contribution < 1.29 is 24.4 Å². The number of carboxylic acids is 2. The van der Waals surface area contributed by atoms with Gasteiger partial charge in [0.25, 0.3) is 5.82 Å². The molecule has 6 heteroatoms. The van der Waals surface area contributed by atoms with E-state index < -0.39 is 11.9 Å². The van der Waals surface area contributed by atoms with E-state index in [-0.39, 0.29) is 13.0 Å². The van der Waals surface area contributed by atoms with E-state index >= 15 is 0 Å². The predicted octanol–water partition coefficient (Wildman–Crippen LogP) is -2.32. The van der Waals surface area contributed by atoms with Crippen LogP contribution in [0.25, 0.3) is 0 Å². The summed E-state index contributed by atoms with van der Waals surface area (Å²) in [5, 5.41) is 18.7. The van der Waals surface area contributed by atoms with Gasteiger partial charge in [-0.3, -0.25) is 0 Å². The van der Waals surface area contributed by atoms with Gasteiger partial charge in [0, 0.05) is 0 Å². The number of imidazole rings is 1. The van der Waals surface area contributed by atoms with E-state index in [0.29, 0.717) is 5.82 Å². The number of carboxylic acid groups (broad SMARTS) is 2. The van der Waals surface area contributed by atoms with Gasteiger partial charge in [0.05, 0.1) is 12.4 Å². The van der Waals surface area contributed by atoms with Crippen LogP contribution in [0, 0.1) is 0 Å². The zero-order chi connectivity index (χ0) is 9.84. The summed E-state index contributed by atoms with van der Waals surface area (Å²) in [6.45, 7) is -0.258. The molecule has 1 heterocycles. The summed E-state index contributed by atoms with van der Waals surface area (Å²) in [4.78, 5) is 23.1. The molecule has 1 aromatic heterocycles. The molecule has 13 heavy (non-hydrogen) atoms. The first-order valence-electron chi connectivity index (χ1n) is 3.57. The molecule has 0 amide bonds. The van der Waals surface area contributed by atoms with Crippen molar-refractivity contribution in [2.45, 2.75) is 13.0 Å². The molecule has 0 fully saturated rings. The maximum atomic E-state index is 10.3. The van der Waals surface area contributed by atoms with Crippen LogP contribution in [0.1, 0.15) is 5.82 Å². The number of hydrogen-bond donors (Lipinski definition) is 2. The van der Waals surface area contributed by atoms with Gasteiger partial charge in [-0.05, 0) is 0 Å². The maximum Gasteiger partial charge on any atom is 0.346 e. The highest BCUT2D eigenvalue weighted by Crippen LogP contribution is 1.87. The van der Waals surface area contributed by atoms with Gasteiger partial charge < -0.3 is 15.0 Å². The fourth-order valence-corrected chi connectivity index (χ4v) is 0.979. The minimum Gasteiger partial charge on any atom is -0.549 e. The molecule has 0 aliphatic carbocycles. The van der Waals surface area contributed by atoms with Crippen LogP contribution in [0.5, 0.6) is 0 Å². The number of rotatable bonds is 4. The summed E-state index contributed by atoms with van der Waals surface area (Å²) < 4.78 is 1.30. The van der Waals surface area contributed by atoms with Crippen molar-refractivity contribution in [3.05, 3.63) is 18.2 Å². The molecule has 1 aromatic rings. The van der Waals surface area contributed by atoms with Gasteiger partial charge in [0.1, 0.15) is 12.4 Å². The Balaban J connectivity index is 2.76. The smallest absolute Gasteiger partial charge is 0.346 e. The van der Waals surface area contributed by atoms with Crippen molar-refractivity contribution in [1.29, 1.82) is 0 Å². The number of carbonyl (C=O) groups excluding carboxylic acids is 1. The van der Waals surface area contributed by atoms with E-state index in [4.69, 9.17) is 5.11 Å². The van der Waals surface area contributed by atoms with Gasteiger partial charge in [-0.15, -0.1) is 0 Å². The van der Waals surface area contributed by atoms with E-state index in [1.165, 1.54) is 17.0 Å². The molecular formula is C7H8N2O4. The summed E-state index contributed by atoms with van der Waals surface area (Å²) >= 11 is 0. The fourth-order valence-electron chi connectivity index (χ4n) is 0.979. The number of nitrogens with zero attached hydrogens (tertiary/aromatic N) is 1. The highest BCUT2D eigenvalue weighted by molar-refractivity contribution is 5.66. The summed E-state index contributed by atoms with van der Waals surface area (Å²) in [6, 6.07) is 0. The molecule has 0 bridgehead atoms. The number of aromatic nitrogens is 2. The monoisotopic (exact) mass is 184 g/mol. The van der Waals surface area contributed by atoms with Crippen molar-refractivity contribution in [1.82, 2.24) is 4.98 Å². The Hall–Kier alpha value is -1.85. The van der Waals surface area contributed by atoms with Gasteiger partial charge in [-0.1, -0.05) is 0 Å². The van der Waals surface area contributed by atoms with Crippen LogP contribution >= 0.6 is 0 Å². The second-order valence-corrected chi connectivity index (χ2v) is 2.48. The summed E-state index contributed by atoms with van der Waals surface area (Å²) in [6.07, 6.45) is 2.62. The molecule has 0 unspecified atom stereocenters. The standard InChI is InChI=1S/C7H8N2O4/c10-6(11)3-5-8-1-2-9(5)4-7(12)13/h1-2H,3-4H2,(H2,10,11,12,13). The molecular weight excluding hydrogens is 176 g/mol. The molecule has 2 N–H and O–H groups in total. The van der Waals surface area contributed by atoms with Crippen LogP contribution < -0.4 is 9.67 Å². The van der Waals surface area contributed by atoms with E-state index in [1.54, 1.807) is 0 Å². The van der Waals surface area contributed by atoms with Crippen molar-refractivity contribution in [2.75, 3.05) is 0 Å². The molecule has 0 atom stereocenters. The molecule has 0 saturated heterocycles. The molecule has 0 saturated carbocycles. The van der Waals surface area contributed by atoms with E-state index in [0.717, 1.165) is 0 Å². The minimum absolute atomic E-state index is 0.258. The number of nitrogens with one attached hydrogen (secondary N) is 1. The molecule has 0 aliphatic heterocycles. The third kappa shape index (κ3) is 2.58. The Morgan fingerprint density at radius 3 is 2.85 bits per heavy atom. The van der Waals surface area contributed by atoms with Crippen molar-refractivity contribution in [3.63, 3.8) is 0 Å². The number of carbonyl (C=O) groups is 2. The van der Waals surface area contributed by atoms with Gasteiger partial charge >= 0.3 is 5.97 Å². The quantitative estimate of drug-likeness (QED) is 0.513. The fraction of sp³-hybridized carbons (Fsp3) is 0.286. The van der Waals surface area contributed by atoms with E-state index in [9.17, 15) is 14.7 Å². The molecule has 0 radical (unpaired) electrons.